The summed E-state index contributed by atoms with van der Waals surface area (Å²) in [4.78, 5) is 13.9. The summed E-state index contributed by atoms with van der Waals surface area (Å²) in [5.74, 6) is 0. The van der Waals surface area contributed by atoms with E-state index in [-0.39, 0.29) is 12.2 Å². The predicted octanol–water partition coefficient (Wildman–Crippen LogP) is 2.92. The van der Waals surface area contributed by atoms with Crippen LogP contribution in [0, 0.1) is 10.1 Å². The number of hydrogen-bond acceptors (Lipinski definition) is 4. The topological polar surface area (TPSA) is 68.1 Å². The first-order chi connectivity index (χ1) is 7.02. The summed E-state index contributed by atoms with van der Waals surface area (Å²) < 4.78 is 0.509. The van der Waals surface area contributed by atoms with Crippen LogP contribution in [0.4, 0.5) is 11.4 Å². The van der Waals surface area contributed by atoms with E-state index in [1.54, 1.807) is 0 Å². The number of halogens is 2. The van der Waals surface area contributed by atoms with Crippen LogP contribution >= 0.6 is 27.5 Å². The number of nitrogens with zero attached hydrogens (tertiary/aromatic N) is 2. The van der Waals surface area contributed by atoms with Gasteiger partial charge in [0, 0.05) is 11.2 Å². The zero-order chi connectivity index (χ0) is 11.4. The van der Waals surface area contributed by atoms with Crippen molar-refractivity contribution in [3.8, 4) is 0 Å². The fourth-order valence-corrected chi connectivity index (χ4v) is 1.45. The largest absolute Gasteiger partial charge is 0.374 e. The summed E-state index contributed by atoms with van der Waals surface area (Å²) >= 11 is 8.72. The molecule has 0 aliphatic carbocycles. The van der Waals surface area contributed by atoms with E-state index in [0.29, 0.717) is 15.2 Å². The smallest absolute Gasteiger partial charge is 0.311 e. The molecule has 0 amide bonds. The fraction of sp³-hybridized carbons (Fsp3) is 0.125. The highest BCUT2D eigenvalue weighted by molar-refractivity contribution is 9.10. The lowest BCUT2D eigenvalue weighted by Crippen LogP contribution is -2.05. The summed E-state index contributed by atoms with van der Waals surface area (Å²) in [6.45, 7) is 3.73. The maximum absolute atomic E-state index is 10.7. The molecule has 5 nitrogen and oxygen atoms in total. The Morgan fingerprint density at radius 3 is 2.93 bits per heavy atom. The van der Waals surface area contributed by atoms with Crippen molar-refractivity contribution in [2.45, 2.75) is 0 Å². The molecule has 1 heterocycles. The highest BCUT2D eigenvalue weighted by Gasteiger charge is 2.16. The molecule has 1 aromatic rings. The van der Waals surface area contributed by atoms with E-state index in [1.165, 1.54) is 12.4 Å². The van der Waals surface area contributed by atoms with Crippen LogP contribution in [0.2, 0.25) is 0 Å². The molecule has 1 N–H and O–H groups in total. The lowest BCUT2D eigenvalue weighted by molar-refractivity contribution is -0.384. The highest BCUT2D eigenvalue weighted by Crippen LogP contribution is 2.30. The number of aromatic nitrogens is 1. The maximum Gasteiger partial charge on any atom is 0.311 e. The van der Waals surface area contributed by atoms with Gasteiger partial charge in [-0.1, -0.05) is 18.2 Å². The Morgan fingerprint density at radius 1 is 1.73 bits per heavy atom. The van der Waals surface area contributed by atoms with Gasteiger partial charge in [0.25, 0.3) is 0 Å². The summed E-state index contributed by atoms with van der Waals surface area (Å²) in [5.41, 5.74) is 0.235. The van der Waals surface area contributed by atoms with Gasteiger partial charge in [0.15, 0.2) is 0 Å². The number of nitrogens with one attached hydrogen (secondary N) is 1. The number of pyridine rings is 1. The number of rotatable bonds is 4. The van der Waals surface area contributed by atoms with Crippen LogP contribution in [-0.2, 0) is 0 Å². The van der Waals surface area contributed by atoms with E-state index in [2.05, 4.69) is 32.8 Å². The van der Waals surface area contributed by atoms with Gasteiger partial charge in [0.05, 0.1) is 15.9 Å². The van der Waals surface area contributed by atoms with E-state index in [9.17, 15) is 10.1 Å². The van der Waals surface area contributed by atoms with Gasteiger partial charge in [-0.2, -0.15) is 0 Å². The minimum Gasteiger partial charge on any atom is -0.374 e. The van der Waals surface area contributed by atoms with E-state index in [0.717, 1.165) is 0 Å². The standard InChI is InChI=1S/C8H7BrClN3O2/c1-5(10)2-12-8-6(9)3-11-4-7(8)13(14)15/h3-4H,1-2H2,(H,11,12). The molecule has 0 fully saturated rings. The van der Waals surface area contributed by atoms with Gasteiger partial charge in [-0.05, 0) is 15.9 Å². The van der Waals surface area contributed by atoms with Crippen molar-refractivity contribution in [2.24, 2.45) is 0 Å². The molecule has 0 aliphatic rings. The average molecular weight is 293 g/mol. The second kappa shape index (κ2) is 5.09. The predicted molar refractivity (Wildman–Crippen MR) is 62.1 cm³/mol. The second-order valence-electron chi connectivity index (χ2n) is 2.64. The van der Waals surface area contributed by atoms with Crippen LogP contribution in [0.25, 0.3) is 0 Å². The Morgan fingerprint density at radius 2 is 2.40 bits per heavy atom. The zero-order valence-electron chi connectivity index (χ0n) is 7.54. The third kappa shape index (κ3) is 3.17. The van der Waals surface area contributed by atoms with Crippen LogP contribution in [0.3, 0.4) is 0 Å². The lowest BCUT2D eigenvalue weighted by atomic mass is 10.3. The zero-order valence-corrected chi connectivity index (χ0v) is 9.88. The summed E-state index contributed by atoms with van der Waals surface area (Å²) in [5, 5.41) is 13.8. The van der Waals surface area contributed by atoms with Crippen LogP contribution < -0.4 is 5.32 Å². The summed E-state index contributed by atoms with van der Waals surface area (Å²) in [7, 11) is 0. The molecule has 0 aliphatic heterocycles. The highest BCUT2D eigenvalue weighted by atomic mass is 79.9. The molecular weight excluding hydrogens is 285 g/mol. The first kappa shape index (κ1) is 11.9. The Bertz CT molecular complexity index is 411. The van der Waals surface area contributed by atoms with Gasteiger partial charge in [-0.3, -0.25) is 15.1 Å². The SMILES string of the molecule is C=C(Cl)CNc1c(Br)cncc1[N+](=O)[O-]. The van der Waals surface area contributed by atoms with E-state index < -0.39 is 4.92 Å². The Kier molecular flexibility index (Phi) is 4.05. The van der Waals surface area contributed by atoms with Crippen LogP contribution in [0.5, 0.6) is 0 Å². The molecule has 0 saturated carbocycles. The quantitative estimate of drug-likeness (QED) is 0.684. The van der Waals surface area contributed by atoms with Crippen molar-refractivity contribution in [3.05, 3.63) is 38.6 Å². The van der Waals surface area contributed by atoms with Crippen LogP contribution in [-0.4, -0.2) is 16.5 Å². The first-order valence-electron chi connectivity index (χ1n) is 3.87. The molecule has 0 spiro atoms. The summed E-state index contributed by atoms with van der Waals surface area (Å²) in [6.07, 6.45) is 2.64. The van der Waals surface area contributed by atoms with Gasteiger partial charge in [-0.15, -0.1) is 0 Å². The second-order valence-corrected chi connectivity index (χ2v) is 4.03. The van der Waals surface area contributed by atoms with Crippen LogP contribution in [0.15, 0.2) is 28.5 Å². The average Bonchev–Trinajstić information content (AvgIpc) is 2.15. The van der Waals surface area contributed by atoms with Crippen molar-refractivity contribution in [2.75, 3.05) is 11.9 Å². The summed E-state index contributed by atoms with van der Waals surface area (Å²) in [6, 6.07) is 0. The lowest BCUT2D eigenvalue weighted by Gasteiger charge is -2.07. The molecule has 0 saturated heterocycles. The third-order valence-corrected chi connectivity index (χ3v) is 2.27. The normalized spacial score (nSPS) is 9.73. The van der Waals surface area contributed by atoms with Crippen molar-refractivity contribution >= 4 is 38.9 Å². The first-order valence-corrected chi connectivity index (χ1v) is 5.04. The molecule has 0 atom stereocenters. The molecule has 15 heavy (non-hydrogen) atoms. The molecule has 7 heteroatoms. The van der Waals surface area contributed by atoms with E-state index in [4.69, 9.17) is 11.6 Å². The van der Waals surface area contributed by atoms with E-state index >= 15 is 0 Å². The van der Waals surface area contributed by atoms with Gasteiger partial charge >= 0.3 is 5.69 Å². The molecule has 1 aromatic heterocycles. The Labute approximate surface area is 99.4 Å². The van der Waals surface area contributed by atoms with Gasteiger partial charge in [0.1, 0.15) is 11.9 Å². The van der Waals surface area contributed by atoms with Gasteiger partial charge in [-0.25, -0.2) is 0 Å². The molecule has 0 bridgehead atoms. The Balaban J connectivity index is 3.02. The molecule has 0 radical (unpaired) electrons. The Hall–Kier alpha value is -1.14. The molecule has 1 rings (SSSR count). The van der Waals surface area contributed by atoms with Crippen LogP contribution in [0.1, 0.15) is 0 Å². The third-order valence-electron chi connectivity index (χ3n) is 1.53. The monoisotopic (exact) mass is 291 g/mol. The number of hydrogen-bond donors (Lipinski definition) is 1. The van der Waals surface area contributed by atoms with Crippen molar-refractivity contribution < 1.29 is 4.92 Å². The molecule has 80 valence electrons. The molecule has 0 unspecified atom stereocenters. The van der Waals surface area contributed by atoms with Crippen molar-refractivity contribution in [3.63, 3.8) is 0 Å². The van der Waals surface area contributed by atoms with Crippen molar-refractivity contribution in [1.82, 2.24) is 4.98 Å². The molecule has 0 aromatic carbocycles. The molecular formula is C8H7BrClN3O2. The number of anilines is 1. The minimum atomic E-state index is -0.517. The maximum atomic E-state index is 10.7. The van der Waals surface area contributed by atoms with Gasteiger partial charge in [0.2, 0.25) is 0 Å². The fourth-order valence-electron chi connectivity index (χ4n) is 0.922. The van der Waals surface area contributed by atoms with E-state index in [1.807, 2.05) is 0 Å². The van der Waals surface area contributed by atoms with Crippen molar-refractivity contribution in [1.29, 1.82) is 0 Å². The van der Waals surface area contributed by atoms with Gasteiger partial charge < -0.3 is 5.32 Å². The number of nitro groups is 1. The minimum absolute atomic E-state index is 0.109.